The Labute approximate surface area is 51.3 Å². The van der Waals surface area contributed by atoms with Crippen LogP contribution in [0.5, 0.6) is 0 Å². The summed E-state index contributed by atoms with van der Waals surface area (Å²) in [5, 5.41) is 0.903. The molecule has 36 valence electrons. The van der Waals surface area contributed by atoms with Gasteiger partial charge in [0.25, 0.3) is 0 Å². The molecule has 6 heavy (non-hydrogen) atoms. The monoisotopic (exact) mass is 168 g/mol. The second kappa shape index (κ2) is 5.51. The second-order valence-electron chi connectivity index (χ2n) is 0.780. The van der Waals surface area contributed by atoms with Crippen molar-refractivity contribution in [1.82, 2.24) is 0 Å². The number of allylic oxidation sites excluding steroid dienone is 2. The van der Waals surface area contributed by atoms with Gasteiger partial charge < -0.3 is 0 Å². The van der Waals surface area contributed by atoms with E-state index in [2.05, 4.69) is 15.9 Å². The highest BCUT2D eigenvalue weighted by Gasteiger charge is 1.62. The third-order valence-corrected chi connectivity index (χ3v) is 0.897. The van der Waals surface area contributed by atoms with E-state index in [1.54, 1.807) is 0 Å². The van der Waals surface area contributed by atoms with E-state index in [-0.39, 0.29) is 0 Å². The first kappa shape index (κ1) is 6.51. The zero-order chi connectivity index (χ0) is 4.83. The third-order valence-electron chi connectivity index (χ3n) is 0.345. The number of hydrogen-bond donors (Lipinski definition) is 0. The molecule has 0 aromatic heterocycles. The van der Waals surface area contributed by atoms with Crippen molar-refractivity contribution in [1.29, 1.82) is 0 Å². The van der Waals surface area contributed by atoms with Crippen LogP contribution >= 0.6 is 27.5 Å². The molecule has 0 amide bonds. The Kier molecular flexibility index (Phi) is 5.98. The molecule has 0 heterocycles. The first-order valence-corrected chi connectivity index (χ1v) is 3.34. The first-order valence-electron chi connectivity index (χ1n) is 1.68. The van der Waals surface area contributed by atoms with Crippen molar-refractivity contribution in [3.63, 3.8) is 0 Å². The van der Waals surface area contributed by atoms with E-state index < -0.39 is 0 Å². The fourth-order valence-electron chi connectivity index (χ4n) is 0.126. The van der Waals surface area contributed by atoms with Gasteiger partial charge in [0.1, 0.15) is 0 Å². The first-order chi connectivity index (χ1) is 2.91. The predicted octanol–water partition coefficient (Wildman–Crippen LogP) is 2.18. The number of hydrogen-bond acceptors (Lipinski definition) is 0. The van der Waals surface area contributed by atoms with Gasteiger partial charge in [-0.3, -0.25) is 0 Å². The Morgan fingerprint density at radius 1 is 1.50 bits per heavy atom. The molecule has 0 aromatic carbocycles. The normalized spacial score (nSPS) is 10.3. The fraction of sp³-hybridized carbons (Fsp3) is 0.500. The molecule has 0 saturated carbocycles. The van der Waals surface area contributed by atoms with Crippen molar-refractivity contribution < 1.29 is 0 Å². The Morgan fingerprint density at radius 3 is 2.33 bits per heavy atom. The van der Waals surface area contributed by atoms with Crippen LogP contribution in [-0.4, -0.2) is 11.2 Å². The van der Waals surface area contributed by atoms with Gasteiger partial charge in [-0.15, -0.1) is 11.6 Å². The van der Waals surface area contributed by atoms with Crippen molar-refractivity contribution >= 4 is 27.5 Å². The molecule has 0 radical (unpaired) electrons. The maximum absolute atomic E-state index is 5.27. The smallest absolute Gasteiger partial charge is 0.0404 e. The zero-order valence-corrected chi connectivity index (χ0v) is 5.67. The lowest BCUT2D eigenvalue weighted by Crippen LogP contribution is -1.59. The summed E-state index contributed by atoms with van der Waals surface area (Å²) in [5.41, 5.74) is 0. The fourth-order valence-corrected chi connectivity index (χ4v) is 0.516. The van der Waals surface area contributed by atoms with Crippen LogP contribution < -0.4 is 0 Å². The van der Waals surface area contributed by atoms with Crippen LogP contribution in [0.25, 0.3) is 0 Å². The van der Waals surface area contributed by atoms with Gasteiger partial charge in [-0.2, -0.15) is 0 Å². The van der Waals surface area contributed by atoms with Crippen LogP contribution in [-0.2, 0) is 0 Å². The molecule has 0 aromatic rings. The average molecular weight is 169 g/mol. The highest BCUT2D eigenvalue weighted by Crippen LogP contribution is 1.82. The van der Waals surface area contributed by atoms with Crippen molar-refractivity contribution in [2.45, 2.75) is 0 Å². The molecule has 2 heteroatoms. The van der Waals surface area contributed by atoms with Gasteiger partial charge in [0.2, 0.25) is 0 Å². The van der Waals surface area contributed by atoms with Gasteiger partial charge in [0.15, 0.2) is 0 Å². The molecule has 0 aliphatic rings. The van der Waals surface area contributed by atoms with Crippen LogP contribution in [0.1, 0.15) is 0 Å². The molecule has 0 rings (SSSR count). The lowest BCUT2D eigenvalue weighted by molar-refractivity contribution is 1.68. The van der Waals surface area contributed by atoms with Crippen LogP contribution in [0, 0.1) is 0 Å². The Hall–Kier alpha value is 0.510. The second-order valence-corrected chi connectivity index (χ2v) is 1.74. The topological polar surface area (TPSA) is 0 Å². The summed E-state index contributed by atoms with van der Waals surface area (Å²) >= 11 is 8.48. The molecule has 0 aliphatic heterocycles. The van der Waals surface area contributed by atoms with E-state index in [0.29, 0.717) is 5.88 Å². The van der Waals surface area contributed by atoms with Gasteiger partial charge in [-0.1, -0.05) is 28.1 Å². The van der Waals surface area contributed by atoms with E-state index >= 15 is 0 Å². The molecule has 0 fully saturated rings. The quantitative estimate of drug-likeness (QED) is 0.439. The zero-order valence-electron chi connectivity index (χ0n) is 3.32. The van der Waals surface area contributed by atoms with Crippen LogP contribution in [0.15, 0.2) is 12.2 Å². The number of halogens is 2. The maximum Gasteiger partial charge on any atom is 0.0404 e. The van der Waals surface area contributed by atoms with Gasteiger partial charge in [-0.05, 0) is 0 Å². The van der Waals surface area contributed by atoms with Crippen LogP contribution in [0.4, 0.5) is 0 Å². The lowest BCUT2D eigenvalue weighted by atomic mass is 10.6. The molecular formula is C4H6BrCl. The van der Waals surface area contributed by atoms with Crippen molar-refractivity contribution in [3.05, 3.63) is 12.2 Å². The van der Waals surface area contributed by atoms with E-state index in [4.69, 9.17) is 11.6 Å². The summed E-state index contributed by atoms with van der Waals surface area (Å²) in [7, 11) is 0. The summed E-state index contributed by atoms with van der Waals surface area (Å²) in [6, 6.07) is 0. The molecule has 0 N–H and O–H groups in total. The molecule has 0 saturated heterocycles. The molecular weight excluding hydrogens is 163 g/mol. The third kappa shape index (κ3) is 4.51. The summed E-state index contributed by atoms with van der Waals surface area (Å²) in [4.78, 5) is 0. The van der Waals surface area contributed by atoms with Gasteiger partial charge in [0, 0.05) is 11.2 Å². The van der Waals surface area contributed by atoms with Crippen LogP contribution in [0.2, 0.25) is 0 Å². The molecule has 0 nitrogen and oxygen atoms in total. The summed E-state index contributed by atoms with van der Waals surface area (Å²) < 4.78 is 0. The van der Waals surface area contributed by atoms with Crippen molar-refractivity contribution in [2.24, 2.45) is 0 Å². The minimum atomic E-state index is 0.617. The maximum atomic E-state index is 5.27. The molecule has 0 bridgehead atoms. The van der Waals surface area contributed by atoms with Crippen molar-refractivity contribution in [2.75, 3.05) is 11.2 Å². The molecule has 0 spiro atoms. The predicted molar refractivity (Wildman–Crippen MR) is 33.7 cm³/mol. The Balaban J connectivity index is 2.73. The van der Waals surface area contributed by atoms with E-state index in [9.17, 15) is 0 Å². The van der Waals surface area contributed by atoms with E-state index in [1.807, 2.05) is 12.2 Å². The van der Waals surface area contributed by atoms with Gasteiger partial charge in [-0.25, -0.2) is 0 Å². The number of alkyl halides is 2. The lowest BCUT2D eigenvalue weighted by Gasteiger charge is -1.69. The van der Waals surface area contributed by atoms with Crippen molar-refractivity contribution in [3.8, 4) is 0 Å². The Morgan fingerprint density at radius 2 is 2.17 bits per heavy atom. The minimum absolute atomic E-state index is 0.617. The standard InChI is InChI=1S/C4H6BrCl/c5-3-1-2-4-6/h1-2H,3-4H2/b2-1+. The van der Waals surface area contributed by atoms with E-state index in [0.717, 1.165) is 5.33 Å². The van der Waals surface area contributed by atoms with Gasteiger partial charge >= 0.3 is 0 Å². The highest BCUT2D eigenvalue weighted by molar-refractivity contribution is 9.09. The SMILES string of the molecule is ClC/C=C/CBr. The van der Waals surface area contributed by atoms with E-state index in [1.165, 1.54) is 0 Å². The van der Waals surface area contributed by atoms with Gasteiger partial charge in [0.05, 0.1) is 0 Å². The summed E-state index contributed by atoms with van der Waals surface area (Å²) in [5.74, 6) is 0.617. The summed E-state index contributed by atoms with van der Waals surface area (Å²) in [6.07, 6.45) is 3.86. The molecule has 0 atom stereocenters. The summed E-state index contributed by atoms with van der Waals surface area (Å²) in [6.45, 7) is 0. The Bertz CT molecular complexity index is 36.8. The molecule has 0 aliphatic carbocycles. The number of rotatable bonds is 2. The average Bonchev–Trinajstić information content (AvgIpc) is 1.61. The highest BCUT2D eigenvalue weighted by atomic mass is 79.9. The minimum Gasteiger partial charge on any atom is -0.122 e. The largest absolute Gasteiger partial charge is 0.122 e. The van der Waals surface area contributed by atoms with Crippen LogP contribution in [0.3, 0.4) is 0 Å². The molecule has 0 unspecified atom stereocenters.